The summed E-state index contributed by atoms with van der Waals surface area (Å²) in [5.41, 5.74) is 2.46. The summed E-state index contributed by atoms with van der Waals surface area (Å²) in [4.78, 5) is 15.5. The minimum atomic E-state index is 0.116. The Kier molecular flexibility index (Phi) is 6.16. The number of benzene rings is 1. The predicted octanol–water partition coefficient (Wildman–Crippen LogP) is 3.41. The van der Waals surface area contributed by atoms with Gasteiger partial charge < -0.3 is 10.2 Å². The first kappa shape index (κ1) is 16.7. The third-order valence-corrected chi connectivity index (χ3v) is 4.68. The number of likely N-dealkylation sites (N-methyl/N-ethyl adjacent to an activating group) is 1. The van der Waals surface area contributed by atoms with Crippen molar-refractivity contribution < 1.29 is 4.79 Å². The average Bonchev–Trinajstić information content (AvgIpc) is 2.99. The number of rotatable bonds is 7. The molecular weight excluding hydrogens is 292 g/mol. The van der Waals surface area contributed by atoms with Crippen molar-refractivity contribution in [3.63, 3.8) is 0 Å². The van der Waals surface area contributed by atoms with E-state index >= 15 is 0 Å². The highest BCUT2D eigenvalue weighted by molar-refractivity contribution is 7.10. The topological polar surface area (TPSA) is 32.3 Å². The van der Waals surface area contributed by atoms with E-state index < -0.39 is 0 Å². The normalized spacial score (nSPS) is 12.4. The molecule has 1 unspecified atom stereocenters. The molecule has 22 heavy (non-hydrogen) atoms. The van der Waals surface area contributed by atoms with Gasteiger partial charge in [-0.2, -0.15) is 0 Å². The summed E-state index contributed by atoms with van der Waals surface area (Å²) in [5.74, 6) is 0.116. The first-order valence-electron chi connectivity index (χ1n) is 7.58. The molecule has 1 aromatic carbocycles. The van der Waals surface area contributed by atoms with E-state index in [1.807, 2.05) is 20.2 Å². The van der Waals surface area contributed by atoms with Gasteiger partial charge in [0.1, 0.15) is 0 Å². The van der Waals surface area contributed by atoms with Gasteiger partial charge >= 0.3 is 0 Å². The molecule has 0 spiro atoms. The zero-order valence-electron chi connectivity index (χ0n) is 13.5. The highest BCUT2D eigenvalue weighted by Crippen LogP contribution is 2.22. The fourth-order valence-electron chi connectivity index (χ4n) is 2.44. The molecule has 1 heterocycles. The second-order valence-corrected chi connectivity index (χ2v) is 6.77. The number of aryl methyl sites for hydroxylation is 2. The maximum atomic E-state index is 12.1. The van der Waals surface area contributed by atoms with Gasteiger partial charge in [0.05, 0.1) is 6.04 Å². The Morgan fingerprint density at radius 1 is 1.27 bits per heavy atom. The summed E-state index contributed by atoms with van der Waals surface area (Å²) >= 11 is 1.73. The number of carbonyl (C=O) groups is 1. The smallest absolute Gasteiger partial charge is 0.220 e. The van der Waals surface area contributed by atoms with Gasteiger partial charge in [0.2, 0.25) is 5.91 Å². The van der Waals surface area contributed by atoms with E-state index in [1.54, 1.807) is 11.3 Å². The molecule has 1 atom stereocenters. The van der Waals surface area contributed by atoms with Gasteiger partial charge in [-0.1, -0.05) is 35.9 Å². The Hall–Kier alpha value is -1.65. The van der Waals surface area contributed by atoms with E-state index in [0.29, 0.717) is 13.0 Å². The lowest BCUT2D eigenvalue weighted by molar-refractivity contribution is -0.121. The zero-order valence-corrected chi connectivity index (χ0v) is 14.3. The lowest BCUT2D eigenvalue weighted by Gasteiger charge is -2.23. The molecule has 4 heteroatoms. The van der Waals surface area contributed by atoms with E-state index in [-0.39, 0.29) is 11.9 Å². The Balaban J connectivity index is 1.81. The van der Waals surface area contributed by atoms with Crippen molar-refractivity contribution >= 4 is 17.2 Å². The molecule has 118 valence electrons. The van der Waals surface area contributed by atoms with Crippen molar-refractivity contribution in [1.82, 2.24) is 10.2 Å². The fraction of sp³-hybridized carbons (Fsp3) is 0.389. The van der Waals surface area contributed by atoms with Crippen LogP contribution in [0.25, 0.3) is 0 Å². The van der Waals surface area contributed by atoms with Crippen LogP contribution in [0.5, 0.6) is 0 Å². The van der Waals surface area contributed by atoms with Crippen LogP contribution in [0.1, 0.15) is 28.5 Å². The maximum absolute atomic E-state index is 12.1. The third kappa shape index (κ3) is 4.97. The van der Waals surface area contributed by atoms with Gasteiger partial charge in [-0.25, -0.2) is 0 Å². The Labute approximate surface area is 137 Å². The maximum Gasteiger partial charge on any atom is 0.220 e. The molecule has 1 amide bonds. The van der Waals surface area contributed by atoms with Crippen LogP contribution in [-0.2, 0) is 11.2 Å². The first-order chi connectivity index (χ1) is 10.6. The molecule has 0 radical (unpaired) electrons. The van der Waals surface area contributed by atoms with Gasteiger partial charge in [0.15, 0.2) is 0 Å². The quantitative estimate of drug-likeness (QED) is 0.849. The molecule has 0 fully saturated rings. The molecule has 2 aromatic rings. The van der Waals surface area contributed by atoms with E-state index in [1.165, 1.54) is 16.0 Å². The third-order valence-electron chi connectivity index (χ3n) is 3.71. The summed E-state index contributed by atoms with van der Waals surface area (Å²) in [6.07, 6.45) is 1.33. The number of thiophene rings is 1. The molecule has 1 N–H and O–H groups in total. The monoisotopic (exact) mass is 316 g/mol. The van der Waals surface area contributed by atoms with Crippen LogP contribution in [0.15, 0.2) is 41.8 Å². The number of carbonyl (C=O) groups excluding carboxylic acids is 1. The van der Waals surface area contributed by atoms with E-state index in [4.69, 9.17) is 0 Å². The van der Waals surface area contributed by atoms with Crippen LogP contribution in [0.3, 0.4) is 0 Å². The molecule has 2 rings (SSSR count). The molecule has 0 saturated carbocycles. The molecule has 1 aromatic heterocycles. The van der Waals surface area contributed by atoms with Crippen molar-refractivity contribution in [2.24, 2.45) is 0 Å². The van der Waals surface area contributed by atoms with E-state index in [0.717, 1.165) is 6.42 Å². The molecule has 3 nitrogen and oxygen atoms in total. The fourth-order valence-corrected chi connectivity index (χ4v) is 3.37. The Morgan fingerprint density at radius 3 is 2.73 bits per heavy atom. The number of hydrogen-bond donors (Lipinski definition) is 1. The molecule has 0 bridgehead atoms. The average molecular weight is 316 g/mol. The lowest BCUT2D eigenvalue weighted by atomic mass is 10.1. The Bertz CT molecular complexity index is 593. The number of hydrogen-bond acceptors (Lipinski definition) is 3. The summed E-state index contributed by atoms with van der Waals surface area (Å²) in [5, 5.41) is 5.14. The second kappa shape index (κ2) is 8.11. The molecule has 0 aliphatic heterocycles. The highest BCUT2D eigenvalue weighted by atomic mass is 32.1. The van der Waals surface area contributed by atoms with Crippen LogP contribution < -0.4 is 5.32 Å². The van der Waals surface area contributed by atoms with Gasteiger partial charge in [0.25, 0.3) is 0 Å². The Morgan fingerprint density at radius 2 is 2.09 bits per heavy atom. The zero-order chi connectivity index (χ0) is 15.9. The molecule has 0 saturated heterocycles. The highest BCUT2D eigenvalue weighted by Gasteiger charge is 2.16. The summed E-state index contributed by atoms with van der Waals surface area (Å²) in [6, 6.07) is 12.7. The molecule has 0 aliphatic rings. The van der Waals surface area contributed by atoms with E-state index in [9.17, 15) is 4.79 Å². The van der Waals surface area contributed by atoms with Crippen LogP contribution in [0.2, 0.25) is 0 Å². The van der Waals surface area contributed by atoms with E-state index in [2.05, 4.69) is 52.9 Å². The van der Waals surface area contributed by atoms with Crippen molar-refractivity contribution in [2.75, 3.05) is 20.6 Å². The predicted molar refractivity (Wildman–Crippen MR) is 93.3 cm³/mol. The summed E-state index contributed by atoms with van der Waals surface area (Å²) < 4.78 is 0. The largest absolute Gasteiger partial charge is 0.354 e. The van der Waals surface area contributed by atoms with Gasteiger partial charge in [-0.15, -0.1) is 11.3 Å². The van der Waals surface area contributed by atoms with Crippen LogP contribution >= 0.6 is 11.3 Å². The van der Waals surface area contributed by atoms with Gasteiger partial charge in [-0.05, 0) is 44.4 Å². The summed E-state index contributed by atoms with van der Waals surface area (Å²) in [7, 11) is 4.09. The van der Waals surface area contributed by atoms with Crippen LogP contribution in [-0.4, -0.2) is 31.4 Å². The van der Waals surface area contributed by atoms with Crippen molar-refractivity contribution in [3.05, 3.63) is 57.8 Å². The minimum absolute atomic E-state index is 0.116. The molecular formula is C18H24N2OS. The van der Waals surface area contributed by atoms with Crippen molar-refractivity contribution in [3.8, 4) is 0 Å². The standard InChI is InChI=1S/C18H24N2OS/c1-14-6-4-7-15(12-14)9-10-18(21)19-13-16(20(2)3)17-8-5-11-22-17/h4-8,11-12,16H,9-10,13H2,1-3H3,(H,19,21). The van der Waals surface area contributed by atoms with Crippen molar-refractivity contribution in [2.45, 2.75) is 25.8 Å². The van der Waals surface area contributed by atoms with Gasteiger partial charge in [-0.3, -0.25) is 4.79 Å². The summed E-state index contributed by atoms with van der Waals surface area (Å²) in [6.45, 7) is 2.73. The van der Waals surface area contributed by atoms with Crippen molar-refractivity contribution in [1.29, 1.82) is 0 Å². The molecule has 0 aliphatic carbocycles. The number of amides is 1. The van der Waals surface area contributed by atoms with Crippen LogP contribution in [0.4, 0.5) is 0 Å². The SMILES string of the molecule is Cc1cccc(CCC(=O)NCC(c2cccs2)N(C)C)c1. The first-order valence-corrected chi connectivity index (χ1v) is 8.46. The number of nitrogens with one attached hydrogen (secondary N) is 1. The lowest BCUT2D eigenvalue weighted by Crippen LogP contribution is -2.34. The van der Waals surface area contributed by atoms with Crippen LogP contribution in [0, 0.1) is 6.92 Å². The minimum Gasteiger partial charge on any atom is -0.354 e. The van der Waals surface area contributed by atoms with Gasteiger partial charge in [0, 0.05) is 17.8 Å². The second-order valence-electron chi connectivity index (χ2n) is 5.79. The number of nitrogens with zero attached hydrogens (tertiary/aromatic N) is 1.